The number of benzene rings is 2. The zero-order chi connectivity index (χ0) is 23.1. The van der Waals surface area contributed by atoms with E-state index in [2.05, 4.69) is 6.92 Å². The van der Waals surface area contributed by atoms with Gasteiger partial charge < -0.3 is 14.4 Å². The van der Waals surface area contributed by atoms with Crippen molar-refractivity contribution >= 4 is 21.6 Å². The van der Waals surface area contributed by atoms with Crippen LogP contribution in [0.2, 0.25) is 0 Å². The number of nitrogens with zero attached hydrogens (tertiary/aromatic N) is 2. The van der Waals surface area contributed by atoms with Crippen molar-refractivity contribution in [3.63, 3.8) is 0 Å². The maximum atomic E-state index is 12.9. The Kier molecular flexibility index (Phi) is 8.01. The van der Waals surface area contributed by atoms with Gasteiger partial charge in [0.25, 0.3) is 15.9 Å². The van der Waals surface area contributed by atoms with Crippen LogP contribution in [0.25, 0.3) is 0 Å². The Bertz CT molecular complexity index is 986. The van der Waals surface area contributed by atoms with Crippen LogP contribution in [-0.2, 0) is 14.8 Å². The third-order valence-corrected chi connectivity index (χ3v) is 7.18. The van der Waals surface area contributed by atoms with E-state index in [4.69, 9.17) is 9.47 Å². The Labute approximate surface area is 191 Å². The number of amides is 1. The molecule has 1 saturated carbocycles. The van der Waals surface area contributed by atoms with Crippen LogP contribution >= 0.6 is 0 Å². The zero-order valence-electron chi connectivity index (χ0n) is 19.0. The van der Waals surface area contributed by atoms with Crippen LogP contribution in [0.15, 0.2) is 53.4 Å². The molecule has 3 rings (SSSR count). The Balaban J connectivity index is 1.60. The van der Waals surface area contributed by atoms with Crippen molar-refractivity contribution in [3.05, 3.63) is 48.5 Å². The highest BCUT2D eigenvalue weighted by atomic mass is 32.2. The lowest BCUT2D eigenvalue weighted by Gasteiger charge is -2.22. The summed E-state index contributed by atoms with van der Waals surface area (Å²) >= 11 is 0. The van der Waals surface area contributed by atoms with Crippen molar-refractivity contribution in [3.8, 4) is 11.5 Å². The molecule has 0 heterocycles. The second kappa shape index (κ2) is 10.7. The van der Waals surface area contributed by atoms with Crippen molar-refractivity contribution in [1.82, 2.24) is 4.90 Å². The molecule has 8 heteroatoms. The zero-order valence-corrected chi connectivity index (χ0v) is 19.8. The van der Waals surface area contributed by atoms with Gasteiger partial charge in [0.1, 0.15) is 11.5 Å². The van der Waals surface area contributed by atoms with E-state index in [0.29, 0.717) is 29.7 Å². The molecule has 0 unspecified atom stereocenters. The van der Waals surface area contributed by atoms with Gasteiger partial charge in [0.15, 0.2) is 6.61 Å². The minimum atomic E-state index is -3.71. The molecule has 0 N–H and O–H groups in total. The topological polar surface area (TPSA) is 76.2 Å². The highest BCUT2D eigenvalue weighted by molar-refractivity contribution is 7.92. The highest BCUT2D eigenvalue weighted by Gasteiger charge is 2.26. The predicted octanol–water partition coefficient (Wildman–Crippen LogP) is 3.94. The Morgan fingerprint density at radius 3 is 2.12 bits per heavy atom. The maximum Gasteiger partial charge on any atom is 0.264 e. The van der Waals surface area contributed by atoms with Crippen LogP contribution in [0.1, 0.15) is 33.1 Å². The van der Waals surface area contributed by atoms with Crippen molar-refractivity contribution in [1.29, 1.82) is 0 Å². The van der Waals surface area contributed by atoms with Crippen molar-refractivity contribution in [2.24, 2.45) is 5.92 Å². The molecule has 1 amide bonds. The van der Waals surface area contributed by atoms with Crippen LogP contribution in [-0.4, -0.2) is 52.6 Å². The Morgan fingerprint density at radius 2 is 1.56 bits per heavy atom. The van der Waals surface area contributed by atoms with E-state index in [1.165, 1.54) is 36.3 Å². The summed E-state index contributed by atoms with van der Waals surface area (Å²) in [6.07, 6.45) is 3.31. The van der Waals surface area contributed by atoms with Gasteiger partial charge in [0.05, 0.1) is 17.2 Å². The van der Waals surface area contributed by atoms with Crippen molar-refractivity contribution in [2.75, 3.05) is 37.7 Å². The molecular formula is C24H32N2O5S. The fourth-order valence-electron chi connectivity index (χ4n) is 3.36. The summed E-state index contributed by atoms with van der Waals surface area (Å²) in [5, 5.41) is 0. The minimum Gasteiger partial charge on any atom is -0.494 e. The van der Waals surface area contributed by atoms with E-state index >= 15 is 0 Å². The molecule has 0 aromatic heterocycles. The lowest BCUT2D eigenvalue weighted by molar-refractivity contribution is -0.133. The summed E-state index contributed by atoms with van der Waals surface area (Å²) in [4.78, 5) is 14.6. The molecule has 174 valence electrons. The monoisotopic (exact) mass is 460 g/mol. The van der Waals surface area contributed by atoms with Gasteiger partial charge in [0.2, 0.25) is 0 Å². The molecule has 2 aromatic carbocycles. The summed E-state index contributed by atoms with van der Waals surface area (Å²) in [5.74, 6) is 1.77. The first-order chi connectivity index (χ1) is 15.3. The molecule has 0 radical (unpaired) electrons. The summed E-state index contributed by atoms with van der Waals surface area (Å²) in [6, 6.07) is 13.0. The molecular weight excluding hydrogens is 428 g/mol. The quantitative estimate of drug-likeness (QED) is 0.480. The fraction of sp³-hybridized carbons (Fsp3) is 0.458. The van der Waals surface area contributed by atoms with E-state index in [1.54, 1.807) is 36.4 Å². The number of hydrogen-bond acceptors (Lipinski definition) is 5. The molecule has 0 bridgehead atoms. The van der Waals surface area contributed by atoms with Gasteiger partial charge in [-0.25, -0.2) is 8.42 Å². The van der Waals surface area contributed by atoms with E-state index in [-0.39, 0.29) is 17.4 Å². The molecule has 1 aliphatic carbocycles. The standard InChI is InChI=1S/C24H32N2O5S/c1-4-16-26(17-19-6-7-19)24(27)18-31-22-10-8-20(9-11-22)25(3)32(28,29)23-14-12-21(13-15-23)30-5-2/h8-15,19H,4-7,16-18H2,1-3H3. The summed E-state index contributed by atoms with van der Waals surface area (Å²) in [5.41, 5.74) is 0.499. The van der Waals surface area contributed by atoms with Gasteiger partial charge in [-0.15, -0.1) is 0 Å². The average Bonchev–Trinajstić information content (AvgIpc) is 3.62. The summed E-state index contributed by atoms with van der Waals surface area (Å²) in [6.45, 7) is 5.98. The first-order valence-corrected chi connectivity index (χ1v) is 12.5. The van der Waals surface area contributed by atoms with Crippen molar-refractivity contribution in [2.45, 2.75) is 38.0 Å². The van der Waals surface area contributed by atoms with Gasteiger partial charge in [0, 0.05) is 20.1 Å². The fourth-order valence-corrected chi connectivity index (χ4v) is 4.56. The van der Waals surface area contributed by atoms with Crippen LogP contribution in [0, 0.1) is 5.92 Å². The largest absolute Gasteiger partial charge is 0.494 e. The van der Waals surface area contributed by atoms with Gasteiger partial charge in [-0.1, -0.05) is 6.92 Å². The lowest BCUT2D eigenvalue weighted by atomic mass is 10.3. The van der Waals surface area contributed by atoms with E-state index in [1.807, 2.05) is 11.8 Å². The van der Waals surface area contributed by atoms with Crippen molar-refractivity contribution < 1.29 is 22.7 Å². The number of anilines is 1. The normalized spacial score (nSPS) is 13.5. The van der Waals surface area contributed by atoms with Crippen LogP contribution in [0.5, 0.6) is 11.5 Å². The lowest BCUT2D eigenvalue weighted by Crippen LogP contribution is -2.37. The van der Waals surface area contributed by atoms with Gasteiger partial charge >= 0.3 is 0 Å². The molecule has 2 aromatic rings. The molecule has 0 saturated heterocycles. The number of rotatable bonds is 12. The summed E-state index contributed by atoms with van der Waals surface area (Å²) in [7, 11) is -2.20. The second-order valence-corrected chi connectivity index (χ2v) is 9.91. The van der Waals surface area contributed by atoms with Gasteiger partial charge in [-0.05, 0) is 80.6 Å². The number of carbonyl (C=O) groups excluding carboxylic acids is 1. The molecule has 0 spiro atoms. The molecule has 1 fully saturated rings. The SMILES string of the molecule is CCCN(CC1CC1)C(=O)COc1ccc(N(C)S(=O)(=O)c2ccc(OCC)cc2)cc1. The average molecular weight is 461 g/mol. The van der Waals surface area contributed by atoms with Gasteiger partial charge in [-0.3, -0.25) is 9.10 Å². The first kappa shape index (κ1) is 23.9. The first-order valence-electron chi connectivity index (χ1n) is 11.1. The van der Waals surface area contributed by atoms with Gasteiger partial charge in [-0.2, -0.15) is 0 Å². The number of sulfonamides is 1. The Morgan fingerprint density at radius 1 is 0.969 bits per heavy atom. The van der Waals surface area contributed by atoms with Crippen LogP contribution < -0.4 is 13.8 Å². The van der Waals surface area contributed by atoms with E-state index in [9.17, 15) is 13.2 Å². The third kappa shape index (κ3) is 6.16. The van der Waals surface area contributed by atoms with E-state index in [0.717, 1.165) is 19.5 Å². The minimum absolute atomic E-state index is 0.0157. The molecule has 0 aliphatic heterocycles. The van der Waals surface area contributed by atoms with Crippen LogP contribution in [0.4, 0.5) is 5.69 Å². The second-order valence-electron chi connectivity index (χ2n) is 7.94. The Hall–Kier alpha value is -2.74. The number of carbonyl (C=O) groups is 1. The summed E-state index contributed by atoms with van der Waals surface area (Å²) < 4.78 is 38.1. The van der Waals surface area contributed by atoms with E-state index < -0.39 is 10.0 Å². The number of ether oxygens (including phenoxy) is 2. The smallest absolute Gasteiger partial charge is 0.264 e. The molecule has 32 heavy (non-hydrogen) atoms. The predicted molar refractivity (Wildman–Crippen MR) is 125 cm³/mol. The molecule has 7 nitrogen and oxygen atoms in total. The third-order valence-electron chi connectivity index (χ3n) is 5.38. The highest BCUT2D eigenvalue weighted by Crippen LogP contribution is 2.30. The number of hydrogen-bond donors (Lipinski definition) is 0. The van der Waals surface area contributed by atoms with Crippen LogP contribution in [0.3, 0.4) is 0 Å². The molecule has 1 aliphatic rings. The maximum absolute atomic E-state index is 12.9. The molecule has 0 atom stereocenters.